The van der Waals surface area contributed by atoms with Gasteiger partial charge in [0.1, 0.15) is 11.6 Å². The monoisotopic (exact) mass is 336 g/mol. The fourth-order valence-corrected chi connectivity index (χ4v) is 2.24. The molecular weight excluding hydrogens is 319 g/mol. The van der Waals surface area contributed by atoms with E-state index in [9.17, 15) is 9.18 Å². The molecule has 2 rings (SSSR count). The van der Waals surface area contributed by atoms with Crippen LogP contribution in [0.5, 0.6) is 5.75 Å². The molecule has 2 aromatic rings. The smallest absolute Gasteiger partial charge is 0.243 e. The van der Waals surface area contributed by atoms with Crippen LogP contribution in [0.15, 0.2) is 30.3 Å². The van der Waals surface area contributed by atoms with Gasteiger partial charge in [0.25, 0.3) is 0 Å². The number of anilines is 2. The summed E-state index contributed by atoms with van der Waals surface area (Å²) in [6, 6.07) is 7.78. The summed E-state index contributed by atoms with van der Waals surface area (Å²) in [7, 11) is 1.50. The molecule has 4 nitrogen and oxygen atoms in total. The molecule has 2 aromatic carbocycles. The third-order valence-electron chi connectivity index (χ3n) is 3.39. The number of methoxy groups -OCH3 is 1. The predicted molar refractivity (Wildman–Crippen MR) is 91.0 cm³/mol. The first kappa shape index (κ1) is 17.1. The second kappa shape index (κ2) is 7.33. The standard InChI is InChI=1S/C17H18ClFN2O2/c1-10-4-5-12(19)7-14(10)20-9-17(22)21-15-6-11(2)13(18)8-16(15)23-3/h4-8,20H,9H2,1-3H3,(H,21,22). The molecule has 0 saturated carbocycles. The molecule has 0 aromatic heterocycles. The molecule has 0 saturated heterocycles. The number of aryl methyl sites for hydroxylation is 2. The summed E-state index contributed by atoms with van der Waals surface area (Å²) in [4.78, 5) is 12.1. The zero-order valence-corrected chi connectivity index (χ0v) is 13.9. The van der Waals surface area contributed by atoms with E-state index < -0.39 is 0 Å². The van der Waals surface area contributed by atoms with Crippen LogP contribution in [-0.2, 0) is 4.79 Å². The van der Waals surface area contributed by atoms with Crippen molar-refractivity contribution in [2.75, 3.05) is 24.3 Å². The van der Waals surface area contributed by atoms with Gasteiger partial charge in [0.05, 0.1) is 19.3 Å². The lowest BCUT2D eigenvalue weighted by atomic mass is 10.2. The highest BCUT2D eigenvalue weighted by Gasteiger charge is 2.11. The number of carbonyl (C=O) groups excluding carboxylic acids is 1. The topological polar surface area (TPSA) is 50.4 Å². The number of amides is 1. The Morgan fingerprint density at radius 2 is 1.91 bits per heavy atom. The summed E-state index contributed by atoms with van der Waals surface area (Å²) in [5.41, 5.74) is 2.81. The van der Waals surface area contributed by atoms with Gasteiger partial charge in [0.2, 0.25) is 5.91 Å². The summed E-state index contributed by atoms with van der Waals surface area (Å²) in [6.07, 6.45) is 0. The van der Waals surface area contributed by atoms with Gasteiger partial charge in [-0.1, -0.05) is 17.7 Å². The van der Waals surface area contributed by atoms with Crippen LogP contribution in [-0.4, -0.2) is 19.6 Å². The van der Waals surface area contributed by atoms with Crippen molar-refractivity contribution >= 4 is 28.9 Å². The Morgan fingerprint density at radius 3 is 2.61 bits per heavy atom. The molecule has 122 valence electrons. The molecule has 0 unspecified atom stereocenters. The molecule has 0 spiro atoms. The van der Waals surface area contributed by atoms with E-state index >= 15 is 0 Å². The van der Waals surface area contributed by atoms with Crippen molar-refractivity contribution in [3.63, 3.8) is 0 Å². The van der Waals surface area contributed by atoms with Gasteiger partial charge in [-0.15, -0.1) is 0 Å². The number of ether oxygens (including phenoxy) is 1. The first-order valence-corrected chi connectivity index (χ1v) is 7.42. The van der Waals surface area contributed by atoms with Crippen molar-refractivity contribution in [3.05, 3.63) is 52.3 Å². The minimum Gasteiger partial charge on any atom is -0.495 e. The summed E-state index contributed by atoms with van der Waals surface area (Å²) in [5.74, 6) is -0.141. The first-order chi connectivity index (χ1) is 10.9. The average Bonchev–Trinajstić information content (AvgIpc) is 2.51. The zero-order chi connectivity index (χ0) is 17.0. The molecule has 0 atom stereocenters. The van der Waals surface area contributed by atoms with Crippen LogP contribution in [0.4, 0.5) is 15.8 Å². The number of nitrogens with one attached hydrogen (secondary N) is 2. The number of hydrogen-bond acceptors (Lipinski definition) is 3. The van der Waals surface area contributed by atoms with Crippen molar-refractivity contribution in [3.8, 4) is 5.75 Å². The zero-order valence-electron chi connectivity index (χ0n) is 13.2. The molecular formula is C17H18ClFN2O2. The predicted octanol–water partition coefficient (Wildman–Crippen LogP) is 4.16. The summed E-state index contributed by atoms with van der Waals surface area (Å²) in [6.45, 7) is 3.69. The van der Waals surface area contributed by atoms with Crippen LogP contribution >= 0.6 is 11.6 Å². The van der Waals surface area contributed by atoms with E-state index in [0.717, 1.165) is 11.1 Å². The summed E-state index contributed by atoms with van der Waals surface area (Å²) in [5, 5.41) is 6.24. The maximum Gasteiger partial charge on any atom is 0.243 e. The quantitative estimate of drug-likeness (QED) is 0.862. The van der Waals surface area contributed by atoms with Crippen molar-refractivity contribution in [2.24, 2.45) is 0 Å². The van der Waals surface area contributed by atoms with Crippen LogP contribution in [0, 0.1) is 19.7 Å². The highest BCUT2D eigenvalue weighted by molar-refractivity contribution is 6.31. The van der Waals surface area contributed by atoms with Crippen molar-refractivity contribution in [2.45, 2.75) is 13.8 Å². The minimum atomic E-state index is -0.353. The highest BCUT2D eigenvalue weighted by Crippen LogP contribution is 2.30. The van der Waals surface area contributed by atoms with E-state index in [4.69, 9.17) is 16.3 Å². The van der Waals surface area contributed by atoms with E-state index in [1.807, 2.05) is 13.8 Å². The van der Waals surface area contributed by atoms with Crippen LogP contribution in [0.2, 0.25) is 5.02 Å². The van der Waals surface area contributed by atoms with Gasteiger partial charge in [-0.3, -0.25) is 4.79 Å². The van der Waals surface area contributed by atoms with Gasteiger partial charge in [-0.05, 0) is 43.2 Å². The Balaban J connectivity index is 2.05. The van der Waals surface area contributed by atoms with E-state index in [-0.39, 0.29) is 18.3 Å². The number of carbonyl (C=O) groups is 1. The Hall–Kier alpha value is -2.27. The van der Waals surface area contributed by atoms with Crippen molar-refractivity contribution < 1.29 is 13.9 Å². The maximum atomic E-state index is 13.2. The van der Waals surface area contributed by atoms with Crippen LogP contribution < -0.4 is 15.4 Å². The van der Waals surface area contributed by atoms with Gasteiger partial charge >= 0.3 is 0 Å². The van der Waals surface area contributed by atoms with Gasteiger partial charge in [0.15, 0.2) is 0 Å². The van der Waals surface area contributed by atoms with Crippen LogP contribution in [0.25, 0.3) is 0 Å². The molecule has 0 heterocycles. The maximum absolute atomic E-state index is 13.2. The van der Waals surface area contributed by atoms with E-state index in [1.165, 1.54) is 19.2 Å². The van der Waals surface area contributed by atoms with Crippen molar-refractivity contribution in [1.82, 2.24) is 0 Å². The Labute approximate surface area is 139 Å². The highest BCUT2D eigenvalue weighted by atomic mass is 35.5. The van der Waals surface area contributed by atoms with Gasteiger partial charge in [0, 0.05) is 16.8 Å². The molecule has 2 N–H and O–H groups in total. The van der Waals surface area contributed by atoms with E-state index in [2.05, 4.69) is 10.6 Å². The number of halogens is 2. The Kier molecular flexibility index (Phi) is 5.45. The third-order valence-corrected chi connectivity index (χ3v) is 3.80. The van der Waals surface area contributed by atoms with Gasteiger partial charge in [-0.25, -0.2) is 4.39 Å². The number of rotatable bonds is 5. The lowest BCUT2D eigenvalue weighted by molar-refractivity contribution is -0.114. The molecule has 1 amide bonds. The average molecular weight is 337 g/mol. The fraction of sp³-hybridized carbons (Fsp3) is 0.235. The first-order valence-electron chi connectivity index (χ1n) is 7.04. The van der Waals surface area contributed by atoms with Crippen LogP contribution in [0.3, 0.4) is 0 Å². The molecule has 0 aliphatic carbocycles. The molecule has 0 radical (unpaired) electrons. The molecule has 23 heavy (non-hydrogen) atoms. The molecule has 0 aliphatic heterocycles. The molecule has 0 fully saturated rings. The Bertz CT molecular complexity index is 735. The lowest BCUT2D eigenvalue weighted by Gasteiger charge is -2.13. The summed E-state index contributed by atoms with van der Waals surface area (Å²) >= 11 is 6.03. The third kappa shape index (κ3) is 4.36. The lowest BCUT2D eigenvalue weighted by Crippen LogP contribution is -2.22. The second-order valence-corrected chi connectivity index (χ2v) is 5.57. The minimum absolute atomic E-state index is 0.00905. The largest absolute Gasteiger partial charge is 0.495 e. The van der Waals surface area contributed by atoms with E-state index in [0.29, 0.717) is 22.1 Å². The van der Waals surface area contributed by atoms with Crippen molar-refractivity contribution in [1.29, 1.82) is 0 Å². The number of hydrogen-bond donors (Lipinski definition) is 2. The second-order valence-electron chi connectivity index (χ2n) is 5.16. The normalized spacial score (nSPS) is 10.3. The molecule has 0 aliphatic rings. The molecule has 0 bridgehead atoms. The molecule has 6 heteroatoms. The van der Waals surface area contributed by atoms with Gasteiger partial charge in [-0.2, -0.15) is 0 Å². The SMILES string of the molecule is COc1cc(Cl)c(C)cc1NC(=O)CNc1cc(F)ccc1C. The summed E-state index contributed by atoms with van der Waals surface area (Å²) < 4.78 is 18.4. The number of benzene rings is 2. The Morgan fingerprint density at radius 1 is 1.17 bits per heavy atom. The fourth-order valence-electron chi connectivity index (χ4n) is 2.08. The van der Waals surface area contributed by atoms with Crippen LogP contribution in [0.1, 0.15) is 11.1 Å². The van der Waals surface area contributed by atoms with Gasteiger partial charge < -0.3 is 15.4 Å². The van der Waals surface area contributed by atoms with E-state index in [1.54, 1.807) is 18.2 Å².